The van der Waals surface area contributed by atoms with Gasteiger partial charge >= 0.3 is 12.1 Å². The van der Waals surface area contributed by atoms with Crippen LogP contribution in [0.2, 0.25) is 0 Å². The molecule has 0 radical (unpaired) electrons. The van der Waals surface area contributed by atoms with Gasteiger partial charge in [-0.2, -0.15) is 0 Å². The molecular formula is C26H34N2O6. The fourth-order valence-electron chi connectivity index (χ4n) is 5.05. The van der Waals surface area contributed by atoms with E-state index in [2.05, 4.69) is 5.16 Å². The molecule has 0 unspecified atom stereocenters. The standard InChI is InChI=1S/C26H34N2O6/c1-17-23(16-33-26(31)28(2)21-8-3-4-9-21)24(34-27-17)19-10-12-22(13-11-19)32-15-18-6-5-7-20(14-18)25(29)30/h10-13,18,20-21H,3-9,14-16H2,1-2H3,(H,29,30)/t18-,20+/m0/s1. The van der Waals surface area contributed by atoms with Crippen LogP contribution in [0.5, 0.6) is 5.75 Å². The number of aromatic nitrogens is 1. The minimum Gasteiger partial charge on any atom is -0.493 e. The topological polar surface area (TPSA) is 102 Å². The molecule has 1 N–H and O–H groups in total. The van der Waals surface area contributed by atoms with Gasteiger partial charge in [0.15, 0.2) is 5.76 Å². The molecule has 0 saturated heterocycles. The Morgan fingerprint density at radius 3 is 2.56 bits per heavy atom. The van der Waals surface area contributed by atoms with Gasteiger partial charge in [0.05, 0.1) is 23.8 Å². The molecule has 0 aliphatic heterocycles. The lowest BCUT2D eigenvalue weighted by molar-refractivity contribution is -0.143. The maximum atomic E-state index is 12.5. The second-order valence-corrected chi connectivity index (χ2v) is 9.58. The number of hydrogen-bond acceptors (Lipinski definition) is 6. The highest BCUT2D eigenvalue weighted by molar-refractivity contribution is 5.70. The fourth-order valence-corrected chi connectivity index (χ4v) is 5.05. The second-order valence-electron chi connectivity index (χ2n) is 9.58. The molecule has 184 valence electrons. The van der Waals surface area contributed by atoms with Crippen molar-refractivity contribution in [3.05, 3.63) is 35.5 Å². The van der Waals surface area contributed by atoms with Crippen LogP contribution in [0.15, 0.2) is 28.8 Å². The molecule has 8 nitrogen and oxygen atoms in total. The number of carbonyl (C=O) groups excluding carboxylic acids is 1. The molecule has 0 spiro atoms. The summed E-state index contributed by atoms with van der Waals surface area (Å²) in [7, 11) is 1.80. The molecule has 2 atom stereocenters. The summed E-state index contributed by atoms with van der Waals surface area (Å²) in [6, 6.07) is 7.79. The Morgan fingerprint density at radius 1 is 1.12 bits per heavy atom. The van der Waals surface area contributed by atoms with Gasteiger partial charge in [-0.3, -0.25) is 4.79 Å². The van der Waals surface area contributed by atoms with Gasteiger partial charge in [0, 0.05) is 18.7 Å². The summed E-state index contributed by atoms with van der Waals surface area (Å²) >= 11 is 0. The van der Waals surface area contributed by atoms with E-state index in [1.807, 2.05) is 31.2 Å². The molecule has 1 heterocycles. The molecule has 8 heteroatoms. The number of hydrogen-bond donors (Lipinski definition) is 1. The summed E-state index contributed by atoms with van der Waals surface area (Å²) < 4.78 is 17.1. The molecule has 2 aliphatic carbocycles. The zero-order chi connectivity index (χ0) is 24.1. The number of benzene rings is 1. The summed E-state index contributed by atoms with van der Waals surface area (Å²) in [4.78, 5) is 25.5. The minimum atomic E-state index is -0.705. The molecule has 1 amide bonds. The van der Waals surface area contributed by atoms with Gasteiger partial charge in [-0.05, 0) is 69.2 Å². The van der Waals surface area contributed by atoms with Gasteiger partial charge in [0.1, 0.15) is 12.4 Å². The Morgan fingerprint density at radius 2 is 1.85 bits per heavy atom. The number of aryl methyl sites for hydroxylation is 1. The van der Waals surface area contributed by atoms with E-state index in [9.17, 15) is 14.7 Å². The molecule has 1 aromatic carbocycles. The van der Waals surface area contributed by atoms with Gasteiger partial charge < -0.3 is 24.0 Å². The van der Waals surface area contributed by atoms with Crippen molar-refractivity contribution in [2.75, 3.05) is 13.7 Å². The average Bonchev–Trinajstić information content (AvgIpc) is 3.51. The number of nitrogens with zero attached hydrogens (tertiary/aromatic N) is 2. The zero-order valence-electron chi connectivity index (χ0n) is 20.0. The summed E-state index contributed by atoms with van der Waals surface area (Å²) in [5.74, 6) is 0.601. The molecule has 2 aliphatic rings. The van der Waals surface area contributed by atoms with Crippen LogP contribution in [0.1, 0.15) is 62.6 Å². The third-order valence-corrected chi connectivity index (χ3v) is 7.22. The van der Waals surface area contributed by atoms with Crippen molar-refractivity contribution in [3.8, 4) is 17.1 Å². The molecule has 4 rings (SSSR count). The van der Waals surface area contributed by atoms with Gasteiger partial charge in [0.2, 0.25) is 0 Å². The van der Waals surface area contributed by atoms with Crippen molar-refractivity contribution < 1.29 is 28.7 Å². The second kappa shape index (κ2) is 10.9. The quantitative estimate of drug-likeness (QED) is 0.549. The number of amides is 1. The Bertz CT molecular complexity index is 980. The van der Waals surface area contributed by atoms with E-state index in [0.29, 0.717) is 24.5 Å². The number of carboxylic acid groups (broad SMARTS) is 1. The van der Waals surface area contributed by atoms with Crippen LogP contribution in [0.25, 0.3) is 11.3 Å². The monoisotopic (exact) mass is 470 g/mol. The predicted octanol–water partition coefficient (Wildman–Crippen LogP) is 5.43. The number of rotatable bonds is 8. The van der Waals surface area contributed by atoms with Crippen molar-refractivity contribution in [2.45, 2.75) is 70.9 Å². The van der Waals surface area contributed by atoms with E-state index >= 15 is 0 Å². The van der Waals surface area contributed by atoms with Crippen LogP contribution >= 0.6 is 0 Å². The normalized spacial score (nSPS) is 20.8. The van der Waals surface area contributed by atoms with Crippen molar-refractivity contribution >= 4 is 12.1 Å². The van der Waals surface area contributed by atoms with Crippen molar-refractivity contribution in [1.82, 2.24) is 10.1 Å². The average molecular weight is 471 g/mol. The maximum absolute atomic E-state index is 12.5. The van der Waals surface area contributed by atoms with Crippen LogP contribution in [-0.4, -0.2) is 46.9 Å². The highest BCUT2D eigenvalue weighted by Gasteiger charge is 2.28. The van der Waals surface area contributed by atoms with Gasteiger partial charge in [-0.25, -0.2) is 4.79 Å². The maximum Gasteiger partial charge on any atom is 0.410 e. The van der Waals surface area contributed by atoms with Crippen LogP contribution in [0.3, 0.4) is 0 Å². The number of aliphatic carboxylic acids is 1. The lowest BCUT2D eigenvalue weighted by Crippen LogP contribution is -2.35. The van der Waals surface area contributed by atoms with Crippen LogP contribution < -0.4 is 4.74 Å². The highest BCUT2D eigenvalue weighted by atomic mass is 16.6. The molecule has 2 saturated carbocycles. The largest absolute Gasteiger partial charge is 0.493 e. The number of carboxylic acids is 1. The summed E-state index contributed by atoms with van der Waals surface area (Å²) in [5.41, 5.74) is 2.27. The Labute approximate surface area is 200 Å². The molecule has 1 aromatic heterocycles. The first-order valence-electron chi connectivity index (χ1n) is 12.2. The lowest BCUT2D eigenvalue weighted by Gasteiger charge is -2.26. The zero-order valence-corrected chi connectivity index (χ0v) is 20.0. The summed E-state index contributed by atoms with van der Waals surface area (Å²) in [5, 5.41) is 13.3. The van der Waals surface area contributed by atoms with Gasteiger partial charge in [-0.15, -0.1) is 0 Å². The molecular weight excluding hydrogens is 436 g/mol. The Hall–Kier alpha value is -3.03. The van der Waals surface area contributed by atoms with E-state index in [0.717, 1.165) is 61.8 Å². The van der Waals surface area contributed by atoms with E-state index in [-0.39, 0.29) is 30.6 Å². The highest BCUT2D eigenvalue weighted by Crippen LogP contribution is 2.32. The van der Waals surface area contributed by atoms with Crippen LogP contribution in [-0.2, 0) is 16.1 Å². The Kier molecular flexibility index (Phi) is 7.75. The van der Waals surface area contributed by atoms with Crippen molar-refractivity contribution in [1.29, 1.82) is 0 Å². The van der Waals surface area contributed by atoms with Crippen LogP contribution in [0, 0.1) is 18.8 Å². The van der Waals surface area contributed by atoms with Crippen molar-refractivity contribution in [2.24, 2.45) is 11.8 Å². The molecule has 2 aromatic rings. The smallest absolute Gasteiger partial charge is 0.410 e. The SMILES string of the molecule is Cc1noc(-c2ccc(OC[C@H]3CCC[C@@H](C(=O)O)C3)cc2)c1COC(=O)N(C)C1CCCC1. The molecule has 0 bridgehead atoms. The van der Waals surface area contributed by atoms with E-state index in [1.165, 1.54) is 0 Å². The van der Waals surface area contributed by atoms with E-state index < -0.39 is 5.97 Å². The third kappa shape index (κ3) is 5.72. The molecule has 34 heavy (non-hydrogen) atoms. The van der Waals surface area contributed by atoms with Gasteiger partial charge in [-0.1, -0.05) is 24.4 Å². The number of carbonyl (C=O) groups is 2. The van der Waals surface area contributed by atoms with Gasteiger partial charge in [0.25, 0.3) is 0 Å². The van der Waals surface area contributed by atoms with E-state index in [4.69, 9.17) is 14.0 Å². The molecule has 2 fully saturated rings. The van der Waals surface area contributed by atoms with Crippen LogP contribution in [0.4, 0.5) is 4.79 Å². The first-order chi connectivity index (χ1) is 16.4. The third-order valence-electron chi connectivity index (χ3n) is 7.22. The fraction of sp³-hybridized carbons (Fsp3) is 0.577. The number of ether oxygens (including phenoxy) is 2. The lowest BCUT2D eigenvalue weighted by atomic mass is 9.82. The minimum absolute atomic E-state index is 0.102. The first-order valence-corrected chi connectivity index (χ1v) is 12.2. The van der Waals surface area contributed by atoms with E-state index in [1.54, 1.807) is 11.9 Å². The Balaban J connectivity index is 1.34. The predicted molar refractivity (Wildman–Crippen MR) is 125 cm³/mol. The summed E-state index contributed by atoms with van der Waals surface area (Å²) in [6.45, 7) is 2.45. The summed E-state index contributed by atoms with van der Waals surface area (Å²) in [6.07, 6.45) is 7.39. The first kappa shape index (κ1) is 24.1. The van der Waals surface area contributed by atoms with Crippen molar-refractivity contribution in [3.63, 3.8) is 0 Å².